The smallest absolute Gasteiger partial charge is 0.243 e. The predicted octanol–water partition coefficient (Wildman–Crippen LogP) is -1.24. The largest absolute Gasteiger partial charge is 0.394 e. The summed E-state index contributed by atoms with van der Waals surface area (Å²) >= 11 is 0. The average Bonchev–Trinajstić information content (AvgIpc) is 2.61. The zero-order chi connectivity index (χ0) is 10.6. The van der Waals surface area contributed by atoms with Crippen LogP contribution < -0.4 is 5.32 Å². The third-order valence-electron chi connectivity index (χ3n) is 2.28. The number of anilines is 1. The van der Waals surface area contributed by atoms with E-state index in [-0.39, 0.29) is 13.2 Å². The third kappa shape index (κ3) is 1.99. The van der Waals surface area contributed by atoms with Crippen LogP contribution in [0.4, 0.5) is 5.95 Å². The van der Waals surface area contributed by atoms with Crippen molar-refractivity contribution in [3.8, 4) is 0 Å². The first kappa shape index (κ1) is 10.9. The molecule has 1 rings (SSSR count). The third-order valence-corrected chi connectivity index (χ3v) is 2.28. The molecule has 0 fully saturated rings. The van der Waals surface area contributed by atoms with Gasteiger partial charge in [0.15, 0.2) is 0 Å². The molecule has 0 atom stereocenters. The molecule has 1 aromatic rings. The number of nitrogens with zero attached hydrogens (tertiary/aromatic N) is 4. The van der Waals surface area contributed by atoms with Crippen molar-refractivity contribution in [1.82, 2.24) is 20.2 Å². The minimum atomic E-state index is -0.761. The topological polar surface area (TPSA) is 96.1 Å². The molecule has 0 aromatic carbocycles. The Balaban J connectivity index is 2.79. The second-order valence-electron chi connectivity index (χ2n) is 3.20. The van der Waals surface area contributed by atoms with E-state index in [2.05, 4.69) is 20.8 Å². The Morgan fingerprint density at radius 3 is 2.43 bits per heavy atom. The van der Waals surface area contributed by atoms with E-state index in [1.807, 2.05) is 6.92 Å². The minimum Gasteiger partial charge on any atom is -0.394 e. The summed E-state index contributed by atoms with van der Waals surface area (Å²) in [6.45, 7) is 1.52. The number of aryl methyl sites for hydroxylation is 1. The van der Waals surface area contributed by atoms with Gasteiger partial charge in [-0.3, -0.25) is 0 Å². The van der Waals surface area contributed by atoms with Crippen molar-refractivity contribution in [1.29, 1.82) is 0 Å². The van der Waals surface area contributed by atoms with Crippen molar-refractivity contribution in [2.45, 2.75) is 18.9 Å². The van der Waals surface area contributed by atoms with Gasteiger partial charge in [-0.15, -0.1) is 0 Å². The van der Waals surface area contributed by atoms with E-state index < -0.39 is 5.54 Å². The van der Waals surface area contributed by atoms with Gasteiger partial charge >= 0.3 is 0 Å². The number of aliphatic hydroxyl groups excluding tert-OH is 2. The molecule has 7 nitrogen and oxygen atoms in total. The molecule has 3 N–H and O–H groups in total. The molecular weight excluding hydrogens is 186 g/mol. The van der Waals surface area contributed by atoms with Gasteiger partial charge in [-0.05, 0) is 16.8 Å². The average molecular weight is 201 g/mol. The molecule has 0 saturated carbocycles. The Morgan fingerprint density at radius 2 is 2.07 bits per heavy atom. The highest BCUT2D eigenvalue weighted by atomic mass is 16.3. The van der Waals surface area contributed by atoms with E-state index in [1.54, 1.807) is 7.05 Å². The quantitative estimate of drug-likeness (QED) is 0.551. The van der Waals surface area contributed by atoms with Gasteiger partial charge in [-0.25, -0.2) is 4.68 Å². The fraction of sp³-hybridized carbons (Fsp3) is 0.857. The molecule has 0 amide bonds. The molecule has 0 saturated heterocycles. The van der Waals surface area contributed by atoms with E-state index in [0.29, 0.717) is 12.4 Å². The van der Waals surface area contributed by atoms with Crippen LogP contribution in [0.5, 0.6) is 0 Å². The Morgan fingerprint density at radius 1 is 1.43 bits per heavy atom. The second kappa shape index (κ2) is 4.34. The first-order chi connectivity index (χ1) is 6.67. The summed E-state index contributed by atoms with van der Waals surface area (Å²) in [6.07, 6.45) is 0.576. The van der Waals surface area contributed by atoms with Crippen LogP contribution in [0.25, 0.3) is 0 Å². The fourth-order valence-electron chi connectivity index (χ4n) is 1.01. The predicted molar refractivity (Wildman–Crippen MR) is 49.6 cm³/mol. The van der Waals surface area contributed by atoms with Gasteiger partial charge in [0, 0.05) is 7.05 Å². The Hall–Kier alpha value is -1.21. The van der Waals surface area contributed by atoms with Gasteiger partial charge in [-0.1, -0.05) is 12.0 Å². The lowest BCUT2D eigenvalue weighted by atomic mass is 9.99. The van der Waals surface area contributed by atoms with Crippen molar-refractivity contribution in [3.63, 3.8) is 0 Å². The lowest BCUT2D eigenvalue weighted by Gasteiger charge is -2.29. The van der Waals surface area contributed by atoms with Crippen molar-refractivity contribution in [2.75, 3.05) is 18.5 Å². The molecule has 14 heavy (non-hydrogen) atoms. The lowest BCUT2D eigenvalue weighted by molar-refractivity contribution is 0.131. The number of hydrogen-bond donors (Lipinski definition) is 3. The highest BCUT2D eigenvalue weighted by Crippen LogP contribution is 2.14. The molecule has 0 aliphatic heterocycles. The van der Waals surface area contributed by atoms with Crippen LogP contribution in [-0.2, 0) is 7.05 Å². The summed E-state index contributed by atoms with van der Waals surface area (Å²) in [6, 6.07) is 0. The van der Waals surface area contributed by atoms with Gasteiger partial charge < -0.3 is 15.5 Å². The fourth-order valence-corrected chi connectivity index (χ4v) is 1.01. The summed E-state index contributed by atoms with van der Waals surface area (Å²) in [5.74, 6) is 0.426. The van der Waals surface area contributed by atoms with Crippen LogP contribution in [0.1, 0.15) is 13.3 Å². The number of hydrogen-bond acceptors (Lipinski definition) is 6. The van der Waals surface area contributed by atoms with Crippen LogP contribution in [-0.4, -0.2) is 49.2 Å². The maximum absolute atomic E-state index is 9.17. The van der Waals surface area contributed by atoms with Crippen molar-refractivity contribution >= 4 is 5.95 Å². The molecular formula is C7H15N5O2. The first-order valence-corrected chi connectivity index (χ1v) is 4.39. The van der Waals surface area contributed by atoms with Crippen LogP contribution in [0.2, 0.25) is 0 Å². The van der Waals surface area contributed by atoms with E-state index in [9.17, 15) is 0 Å². The number of aliphatic hydroxyl groups is 2. The minimum absolute atomic E-state index is 0.174. The van der Waals surface area contributed by atoms with E-state index in [1.165, 1.54) is 4.68 Å². The van der Waals surface area contributed by atoms with Crippen LogP contribution >= 0.6 is 0 Å². The van der Waals surface area contributed by atoms with Crippen LogP contribution in [0.15, 0.2) is 0 Å². The molecule has 0 bridgehead atoms. The number of rotatable bonds is 5. The summed E-state index contributed by atoms with van der Waals surface area (Å²) < 4.78 is 1.44. The molecule has 7 heteroatoms. The standard InChI is InChI=1S/C7H15N5O2/c1-3-7(4-13,5-14)8-6-9-10-11-12(6)2/h13-14H,3-5H2,1-2H3,(H,8,9,11). The Bertz CT molecular complexity index is 275. The summed E-state index contributed by atoms with van der Waals surface area (Å²) in [7, 11) is 1.68. The monoisotopic (exact) mass is 201 g/mol. The van der Waals surface area contributed by atoms with Crippen molar-refractivity contribution in [2.24, 2.45) is 7.05 Å². The summed E-state index contributed by atoms with van der Waals surface area (Å²) in [5, 5.41) is 32.0. The SMILES string of the molecule is CCC(CO)(CO)Nc1nnnn1C. The zero-order valence-electron chi connectivity index (χ0n) is 8.30. The lowest BCUT2D eigenvalue weighted by Crippen LogP contribution is -2.45. The molecule has 0 aliphatic carbocycles. The van der Waals surface area contributed by atoms with E-state index in [4.69, 9.17) is 10.2 Å². The number of aromatic nitrogens is 4. The van der Waals surface area contributed by atoms with Crippen molar-refractivity contribution in [3.05, 3.63) is 0 Å². The molecule has 0 aliphatic rings. The molecule has 80 valence electrons. The maximum Gasteiger partial charge on any atom is 0.243 e. The molecule has 0 spiro atoms. The molecule has 0 unspecified atom stereocenters. The highest BCUT2D eigenvalue weighted by molar-refractivity contribution is 5.27. The molecule has 1 aromatic heterocycles. The molecule has 1 heterocycles. The number of tetrazole rings is 1. The highest BCUT2D eigenvalue weighted by Gasteiger charge is 2.27. The van der Waals surface area contributed by atoms with E-state index in [0.717, 1.165) is 0 Å². The maximum atomic E-state index is 9.17. The first-order valence-electron chi connectivity index (χ1n) is 4.39. The second-order valence-corrected chi connectivity index (χ2v) is 3.20. The number of nitrogens with one attached hydrogen (secondary N) is 1. The Kier molecular flexibility index (Phi) is 3.37. The van der Waals surface area contributed by atoms with Crippen molar-refractivity contribution < 1.29 is 10.2 Å². The van der Waals surface area contributed by atoms with Gasteiger partial charge in [0.05, 0.1) is 18.8 Å². The molecule has 0 radical (unpaired) electrons. The van der Waals surface area contributed by atoms with Gasteiger partial charge in [-0.2, -0.15) is 0 Å². The summed E-state index contributed by atoms with van der Waals surface area (Å²) in [4.78, 5) is 0. The van der Waals surface area contributed by atoms with E-state index >= 15 is 0 Å². The van der Waals surface area contributed by atoms with Gasteiger partial charge in [0.1, 0.15) is 0 Å². The van der Waals surface area contributed by atoms with Gasteiger partial charge in [0.25, 0.3) is 0 Å². The summed E-state index contributed by atoms with van der Waals surface area (Å²) in [5.41, 5.74) is -0.761. The Labute approximate surface area is 81.7 Å². The zero-order valence-corrected chi connectivity index (χ0v) is 8.30. The van der Waals surface area contributed by atoms with Crippen LogP contribution in [0.3, 0.4) is 0 Å². The van der Waals surface area contributed by atoms with Crippen LogP contribution in [0, 0.1) is 0 Å². The normalized spacial score (nSPS) is 11.7. The van der Waals surface area contributed by atoms with Gasteiger partial charge in [0.2, 0.25) is 5.95 Å².